The Balaban J connectivity index is 1.63. The van der Waals surface area contributed by atoms with Gasteiger partial charge in [-0.05, 0) is 54.8 Å². The van der Waals surface area contributed by atoms with E-state index in [9.17, 15) is 13.2 Å². The summed E-state index contributed by atoms with van der Waals surface area (Å²) in [6, 6.07) is 3.15. The molecule has 0 radical (unpaired) electrons. The van der Waals surface area contributed by atoms with Gasteiger partial charge in [0.1, 0.15) is 4.90 Å². The van der Waals surface area contributed by atoms with Gasteiger partial charge in [0, 0.05) is 19.1 Å². The normalized spacial score (nSPS) is 16.9. The summed E-state index contributed by atoms with van der Waals surface area (Å²) >= 11 is 3.16. The van der Waals surface area contributed by atoms with Gasteiger partial charge in [0.05, 0.1) is 11.4 Å². The average molecular weight is 431 g/mol. The number of nitrogens with zero attached hydrogens (tertiary/aromatic N) is 2. The minimum Gasteiger partial charge on any atom is -0.444 e. The lowest BCUT2D eigenvalue weighted by molar-refractivity contribution is 0.0894. The number of rotatable bonds is 4. The zero-order valence-electron chi connectivity index (χ0n) is 13.9. The molecule has 0 spiro atoms. The van der Waals surface area contributed by atoms with Crippen molar-refractivity contribution in [2.75, 3.05) is 13.1 Å². The van der Waals surface area contributed by atoms with E-state index >= 15 is 0 Å². The third-order valence-corrected chi connectivity index (χ3v) is 6.83. The van der Waals surface area contributed by atoms with E-state index in [0.29, 0.717) is 42.0 Å². The van der Waals surface area contributed by atoms with Crippen LogP contribution in [0.1, 0.15) is 34.8 Å². The van der Waals surface area contributed by atoms with Gasteiger partial charge in [0.2, 0.25) is 10.0 Å². The van der Waals surface area contributed by atoms with Gasteiger partial charge in [-0.25, -0.2) is 8.42 Å². The smallest absolute Gasteiger partial charge is 0.287 e. The van der Waals surface area contributed by atoms with E-state index in [1.807, 2.05) is 0 Å². The third kappa shape index (κ3) is 3.65. The van der Waals surface area contributed by atoms with Crippen molar-refractivity contribution in [1.82, 2.24) is 19.8 Å². The molecule has 1 aliphatic heterocycles. The second-order valence-electron chi connectivity index (χ2n) is 6.02. The first-order valence-corrected chi connectivity index (χ1v) is 10.1. The maximum Gasteiger partial charge on any atom is 0.287 e. The van der Waals surface area contributed by atoms with Crippen LogP contribution in [0.4, 0.5) is 0 Å². The van der Waals surface area contributed by atoms with Crippen molar-refractivity contribution in [3.63, 3.8) is 0 Å². The molecule has 0 atom stereocenters. The molecule has 10 heteroatoms. The molecule has 1 saturated heterocycles. The lowest BCUT2D eigenvalue weighted by Crippen LogP contribution is -2.46. The van der Waals surface area contributed by atoms with Gasteiger partial charge in [-0.3, -0.25) is 9.89 Å². The van der Waals surface area contributed by atoms with Crippen LogP contribution in [0.15, 0.2) is 26.1 Å². The number of aromatic nitrogens is 2. The number of piperidine rings is 1. The van der Waals surface area contributed by atoms with E-state index in [4.69, 9.17) is 4.42 Å². The van der Waals surface area contributed by atoms with Crippen molar-refractivity contribution in [3.05, 3.63) is 34.0 Å². The Morgan fingerprint density at radius 1 is 1.36 bits per heavy atom. The Morgan fingerprint density at radius 2 is 2.04 bits per heavy atom. The van der Waals surface area contributed by atoms with Crippen molar-refractivity contribution in [1.29, 1.82) is 0 Å². The highest BCUT2D eigenvalue weighted by Gasteiger charge is 2.33. The minimum atomic E-state index is -3.58. The van der Waals surface area contributed by atoms with E-state index in [1.165, 1.54) is 4.31 Å². The summed E-state index contributed by atoms with van der Waals surface area (Å²) < 4.78 is 32.8. The molecule has 2 N–H and O–H groups in total. The fourth-order valence-corrected chi connectivity index (χ4v) is 5.09. The Bertz CT molecular complexity index is 862. The molecular formula is C15H19BrN4O4S. The van der Waals surface area contributed by atoms with Gasteiger partial charge in [0.25, 0.3) is 5.91 Å². The third-order valence-electron chi connectivity index (χ3n) is 4.24. The number of sulfonamides is 1. The largest absolute Gasteiger partial charge is 0.444 e. The Labute approximate surface area is 154 Å². The number of H-pyrrole nitrogens is 1. The van der Waals surface area contributed by atoms with Gasteiger partial charge in [0.15, 0.2) is 10.4 Å². The Hall–Kier alpha value is -1.65. The predicted octanol–water partition coefficient (Wildman–Crippen LogP) is 1.97. The lowest BCUT2D eigenvalue weighted by Gasteiger charge is -2.31. The van der Waals surface area contributed by atoms with Crippen LogP contribution in [-0.2, 0) is 10.0 Å². The average Bonchev–Trinajstić information content (AvgIpc) is 3.14. The minimum absolute atomic E-state index is 0.0885. The maximum atomic E-state index is 12.8. The van der Waals surface area contributed by atoms with Gasteiger partial charge in [-0.2, -0.15) is 9.40 Å². The van der Waals surface area contributed by atoms with Crippen LogP contribution in [0.25, 0.3) is 0 Å². The first-order valence-electron chi connectivity index (χ1n) is 7.87. The van der Waals surface area contributed by atoms with Crippen LogP contribution in [0.5, 0.6) is 0 Å². The molecule has 1 aliphatic rings. The summed E-state index contributed by atoms with van der Waals surface area (Å²) in [4.78, 5) is 12.4. The Morgan fingerprint density at radius 3 is 2.56 bits per heavy atom. The number of furan rings is 1. The number of nitrogens with one attached hydrogen (secondary N) is 2. The molecule has 2 aromatic rings. The summed E-state index contributed by atoms with van der Waals surface area (Å²) in [5.41, 5.74) is 1.01. The van der Waals surface area contributed by atoms with Crippen LogP contribution < -0.4 is 5.32 Å². The quantitative estimate of drug-likeness (QED) is 0.770. The van der Waals surface area contributed by atoms with E-state index in [0.717, 1.165) is 0 Å². The maximum absolute atomic E-state index is 12.8. The number of hydrogen-bond donors (Lipinski definition) is 2. The molecule has 3 rings (SSSR count). The highest BCUT2D eigenvalue weighted by Crippen LogP contribution is 2.25. The molecule has 136 valence electrons. The number of amides is 1. The molecule has 25 heavy (non-hydrogen) atoms. The van der Waals surface area contributed by atoms with Crippen molar-refractivity contribution in [3.8, 4) is 0 Å². The second-order valence-corrected chi connectivity index (χ2v) is 8.68. The van der Waals surface area contributed by atoms with Gasteiger partial charge < -0.3 is 9.73 Å². The van der Waals surface area contributed by atoms with Crippen molar-refractivity contribution in [2.45, 2.75) is 37.6 Å². The molecule has 0 aromatic carbocycles. The molecule has 0 unspecified atom stereocenters. The predicted molar refractivity (Wildman–Crippen MR) is 93.7 cm³/mol. The summed E-state index contributed by atoms with van der Waals surface area (Å²) in [6.07, 6.45) is 1.09. The molecule has 2 aromatic heterocycles. The van der Waals surface area contributed by atoms with E-state index in [-0.39, 0.29) is 22.6 Å². The van der Waals surface area contributed by atoms with Crippen LogP contribution in [0, 0.1) is 13.8 Å². The number of carbonyl (C=O) groups excluding carboxylic acids is 1. The standard InChI is InChI=1S/C15H19BrN4O4S/c1-9-14(10(2)19-18-9)25(22,23)20-7-5-11(6-8-20)17-15(21)12-3-4-13(16)24-12/h3-4,11H,5-8H2,1-2H3,(H,17,21)(H,18,19). The van der Waals surface area contributed by atoms with Crippen molar-refractivity contribution in [2.24, 2.45) is 0 Å². The summed E-state index contributed by atoms with van der Waals surface area (Å²) in [6.45, 7) is 4.06. The number of halogens is 1. The van der Waals surface area contributed by atoms with Crippen LogP contribution in [0.2, 0.25) is 0 Å². The van der Waals surface area contributed by atoms with E-state index in [1.54, 1.807) is 26.0 Å². The van der Waals surface area contributed by atoms with Gasteiger partial charge in [-0.1, -0.05) is 0 Å². The molecular weight excluding hydrogens is 412 g/mol. The second kappa shape index (κ2) is 6.93. The van der Waals surface area contributed by atoms with E-state index in [2.05, 4.69) is 31.4 Å². The zero-order chi connectivity index (χ0) is 18.2. The van der Waals surface area contributed by atoms with Crippen molar-refractivity contribution >= 4 is 31.9 Å². The summed E-state index contributed by atoms with van der Waals surface area (Å²) in [7, 11) is -3.58. The van der Waals surface area contributed by atoms with Crippen LogP contribution in [0.3, 0.4) is 0 Å². The topological polar surface area (TPSA) is 108 Å². The number of carbonyl (C=O) groups is 1. The molecule has 1 fully saturated rings. The monoisotopic (exact) mass is 430 g/mol. The van der Waals surface area contributed by atoms with Gasteiger partial charge >= 0.3 is 0 Å². The Kier molecular flexibility index (Phi) is 5.03. The zero-order valence-corrected chi connectivity index (χ0v) is 16.3. The highest BCUT2D eigenvalue weighted by atomic mass is 79.9. The molecule has 0 bridgehead atoms. The first-order chi connectivity index (χ1) is 11.8. The van der Waals surface area contributed by atoms with E-state index < -0.39 is 10.0 Å². The lowest BCUT2D eigenvalue weighted by atomic mass is 10.1. The fraction of sp³-hybridized carbons (Fsp3) is 0.467. The molecule has 8 nitrogen and oxygen atoms in total. The SMILES string of the molecule is Cc1n[nH]c(C)c1S(=O)(=O)N1CCC(NC(=O)c2ccc(Br)o2)CC1. The summed E-state index contributed by atoms with van der Waals surface area (Å²) in [5, 5.41) is 9.56. The fourth-order valence-electron chi connectivity index (χ4n) is 2.98. The molecule has 3 heterocycles. The van der Waals surface area contributed by atoms with Crippen LogP contribution in [-0.4, -0.2) is 48.0 Å². The molecule has 0 aliphatic carbocycles. The molecule has 1 amide bonds. The van der Waals surface area contributed by atoms with Crippen LogP contribution >= 0.6 is 15.9 Å². The number of aryl methyl sites for hydroxylation is 2. The molecule has 0 saturated carbocycles. The highest BCUT2D eigenvalue weighted by molar-refractivity contribution is 9.10. The van der Waals surface area contributed by atoms with Gasteiger partial charge in [-0.15, -0.1) is 0 Å². The first kappa shape index (κ1) is 18.2. The summed E-state index contributed by atoms with van der Waals surface area (Å²) in [5.74, 6) is -0.0693. The number of hydrogen-bond acceptors (Lipinski definition) is 5. The number of aromatic amines is 1. The van der Waals surface area contributed by atoms with Crippen molar-refractivity contribution < 1.29 is 17.6 Å².